The van der Waals surface area contributed by atoms with Crippen LogP contribution >= 0.6 is 0 Å². The van der Waals surface area contributed by atoms with Gasteiger partial charge < -0.3 is 89.9 Å². The van der Waals surface area contributed by atoms with Crippen molar-refractivity contribution in [2.45, 2.75) is 381 Å². The van der Waals surface area contributed by atoms with Crippen LogP contribution in [0.4, 0.5) is 0 Å². The van der Waals surface area contributed by atoms with Gasteiger partial charge in [0.05, 0.1) is 38.6 Å². The molecule has 0 aromatic carbocycles. The largest absolute Gasteiger partial charge is 0.394 e. The third-order valence-corrected chi connectivity index (χ3v) is 18.4. The minimum atomic E-state index is -1.98. The van der Waals surface area contributed by atoms with Gasteiger partial charge in [-0.1, -0.05) is 262 Å². The normalized spacial score (nSPS) is 27.9. The van der Waals surface area contributed by atoms with Gasteiger partial charge in [0.15, 0.2) is 18.9 Å². The van der Waals surface area contributed by atoms with Crippen LogP contribution in [-0.4, -0.2) is 193 Å². The molecule has 3 aliphatic heterocycles. The predicted molar refractivity (Wildman–Crippen MR) is 360 cm³/mol. The van der Waals surface area contributed by atoms with Gasteiger partial charge >= 0.3 is 0 Å². The molecule has 17 unspecified atom stereocenters. The number of amides is 1. The molecule has 0 aromatic rings. The zero-order valence-corrected chi connectivity index (χ0v) is 57.0. The lowest BCUT2D eigenvalue weighted by Crippen LogP contribution is -2.66. The van der Waals surface area contributed by atoms with Gasteiger partial charge in [-0.3, -0.25) is 4.79 Å². The summed E-state index contributed by atoms with van der Waals surface area (Å²) >= 11 is 0. The second kappa shape index (κ2) is 54.7. The molecule has 0 bridgehead atoms. The standard InChI is InChI=1S/C73H133NO18/c1-3-5-7-9-11-13-15-17-19-21-23-24-25-26-27-28-29-30-31-33-34-36-38-40-42-44-46-48-50-57(78)56(74-61(79)51-49-47-45-43-41-39-37-35-32-22-20-18-16-14-12-10-8-6-4-2)55-87-71-67(85)64(82)69(59(53-76)89-71)92-73-68(86)65(83)70(60(54-77)90-73)91-72-66(84)63(81)62(80)58(52-75)88-72/h12,14,18,20,32,35,48,50,56-60,62-73,75-78,80-86H,3-11,13,15-17,19,21-31,33-34,36-47,49,51-55H2,1-2H3,(H,74,79)/b14-12-,20-18-,35-32-,50-48+. The number of rotatable bonds is 57. The van der Waals surface area contributed by atoms with E-state index in [1.807, 2.05) is 6.08 Å². The minimum Gasteiger partial charge on any atom is -0.394 e. The summed E-state index contributed by atoms with van der Waals surface area (Å²) in [7, 11) is 0. The van der Waals surface area contributed by atoms with Crippen molar-refractivity contribution in [3.05, 3.63) is 48.6 Å². The van der Waals surface area contributed by atoms with Crippen molar-refractivity contribution in [2.75, 3.05) is 26.4 Å². The van der Waals surface area contributed by atoms with Crippen LogP contribution in [0.15, 0.2) is 48.6 Å². The Balaban J connectivity index is 1.42. The van der Waals surface area contributed by atoms with Crippen LogP contribution in [0.3, 0.4) is 0 Å². The first-order valence-electron chi connectivity index (χ1n) is 36.9. The number of unbranched alkanes of at least 4 members (excludes halogenated alkanes) is 35. The number of hydrogen-bond acceptors (Lipinski definition) is 18. The molecule has 0 radical (unpaired) electrons. The lowest BCUT2D eigenvalue weighted by molar-refractivity contribution is -0.379. The van der Waals surface area contributed by atoms with E-state index in [0.717, 1.165) is 83.5 Å². The van der Waals surface area contributed by atoms with Crippen LogP contribution in [0.5, 0.6) is 0 Å². The van der Waals surface area contributed by atoms with E-state index >= 15 is 0 Å². The van der Waals surface area contributed by atoms with Crippen LogP contribution in [0.2, 0.25) is 0 Å². The molecule has 3 fully saturated rings. The maximum absolute atomic E-state index is 13.4. The number of allylic oxidation sites excluding steroid dienone is 7. The quantitative estimate of drug-likeness (QED) is 0.0199. The Labute approximate surface area is 554 Å². The molecule has 538 valence electrons. The van der Waals surface area contributed by atoms with Gasteiger partial charge in [0.25, 0.3) is 0 Å². The second-order valence-electron chi connectivity index (χ2n) is 26.4. The molecule has 92 heavy (non-hydrogen) atoms. The molecular formula is C73H133NO18. The maximum Gasteiger partial charge on any atom is 0.220 e. The maximum atomic E-state index is 13.4. The monoisotopic (exact) mass is 1310 g/mol. The van der Waals surface area contributed by atoms with Gasteiger partial charge in [-0.15, -0.1) is 0 Å². The number of nitrogens with one attached hydrogen (secondary N) is 1. The van der Waals surface area contributed by atoms with E-state index < -0.39 is 124 Å². The molecule has 3 rings (SSSR count). The molecule has 0 aromatic heterocycles. The molecule has 0 spiro atoms. The highest BCUT2D eigenvalue weighted by molar-refractivity contribution is 5.76. The van der Waals surface area contributed by atoms with Crippen molar-refractivity contribution in [3.8, 4) is 0 Å². The molecule has 1 amide bonds. The summed E-state index contributed by atoms with van der Waals surface area (Å²) in [5.41, 5.74) is 0. The van der Waals surface area contributed by atoms with E-state index in [2.05, 4.69) is 55.6 Å². The second-order valence-corrected chi connectivity index (χ2v) is 26.4. The van der Waals surface area contributed by atoms with Gasteiger partial charge in [0.2, 0.25) is 5.91 Å². The average molecular weight is 1310 g/mol. The lowest BCUT2D eigenvalue weighted by atomic mass is 9.96. The average Bonchev–Trinajstić information content (AvgIpc) is 0.855. The summed E-state index contributed by atoms with van der Waals surface area (Å²) < 4.78 is 34.4. The molecule has 17 atom stereocenters. The van der Waals surface area contributed by atoms with Gasteiger partial charge in [0, 0.05) is 6.42 Å². The zero-order chi connectivity index (χ0) is 66.8. The minimum absolute atomic E-state index is 0.228. The zero-order valence-electron chi connectivity index (χ0n) is 57.0. The highest BCUT2D eigenvalue weighted by Crippen LogP contribution is 2.33. The fourth-order valence-corrected chi connectivity index (χ4v) is 12.4. The van der Waals surface area contributed by atoms with Gasteiger partial charge in [-0.2, -0.15) is 0 Å². The Hall–Kier alpha value is -2.25. The Morgan fingerprint density at radius 1 is 0.391 bits per heavy atom. The fraction of sp³-hybridized carbons (Fsp3) is 0.877. The highest BCUT2D eigenvalue weighted by Gasteiger charge is 2.53. The molecule has 3 aliphatic rings. The van der Waals surface area contributed by atoms with Crippen molar-refractivity contribution < 1.29 is 89.4 Å². The third kappa shape index (κ3) is 35.8. The van der Waals surface area contributed by atoms with Crippen LogP contribution in [0.25, 0.3) is 0 Å². The van der Waals surface area contributed by atoms with Crippen molar-refractivity contribution in [3.63, 3.8) is 0 Å². The number of carbonyl (C=O) groups is 1. The van der Waals surface area contributed by atoms with Gasteiger partial charge in [-0.25, -0.2) is 0 Å². The van der Waals surface area contributed by atoms with E-state index in [1.54, 1.807) is 6.08 Å². The van der Waals surface area contributed by atoms with Crippen LogP contribution in [-0.2, 0) is 33.2 Å². The summed E-state index contributed by atoms with van der Waals surface area (Å²) in [6.07, 6.45) is 39.4. The predicted octanol–water partition coefficient (Wildman–Crippen LogP) is 10.6. The smallest absolute Gasteiger partial charge is 0.220 e. The van der Waals surface area contributed by atoms with Crippen LogP contribution in [0.1, 0.15) is 277 Å². The fourth-order valence-electron chi connectivity index (χ4n) is 12.4. The van der Waals surface area contributed by atoms with Crippen molar-refractivity contribution in [2.24, 2.45) is 0 Å². The summed E-state index contributed by atoms with van der Waals surface area (Å²) in [6, 6.07) is -0.983. The van der Waals surface area contributed by atoms with E-state index in [9.17, 15) is 61.0 Å². The van der Waals surface area contributed by atoms with E-state index in [1.165, 1.54) is 167 Å². The Bertz CT molecular complexity index is 1860. The summed E-state index contributed by atoms with van der Waals surface area (Å²) in [5.74, 6) is -0.286. The molecule has 0 saturated carbocycles. The molecule has 3 saturated heterocycles. The first kappa shape index (κ1) is 84.0. The number of carbonyl (C=O) groups excluding carboxylic acids is 1. The van der Waals surface area contributed by atoms with Crippen LogP contribution in [0, 0.1) is 0 Å². The third-order valence-electron chi connectivity index (χ3n) is 18.4. The Morgan fingerprint density at radius 2 is 0.717 bits per heavy atom. The molecule has 19 nitrogen and oxygen atoms in total. The van der Waals surface area contributed by atoms with Crippen molar-refractivity contribution >= 4 is 5.91 Å². The van der Waals surface area contributed by atoms with Gasteiger partial charge in [0.1, 0.15) is 73.2 Å². The number of aliphatic hydroxyl groups excluding tert-OH is 11. The Morgan fingerprint density at radius 3 is 1.14 bits per heavy atom. The van der Waals surface area contributed by atoms with Crippen LogP contribution < -0.4 is 5.32 Å². The van der Waals surface area contributed by atoms with Gasteiger partial charge in [-0.05, 0) is 57.8 Å². The van der Waals surface area contributed by atoms with E-state index in [-0.39, 0.29) is 18.9 Å². The molecule has 19 heteroatoms. The van der Waals surface area contributed by atoms with E-state index in [4.69, 9.17) is 28.4 Å². The first-order chi connectivity index (χ1) is 44.8. The SMILES string of the molecule is CCCCC/C=C\C/C=C\C/C=C\CCCCCCCCC(=O)NC(COC1OC(CO)C(OC2OC(CO)C(OC3OC(CO)C(O)C(O)C3O)C(O)C2O)C(O)C1O)C(O)/C=C/CCCCCCCCCCCCCCCCCCCCCCCCCCCC. The van der Waals surface area contributed by atoms with E-state index in [0.29, 0.717) is 6.42 Å². The molecular weight excluding hydrogens is 1180 g/mol. The number of aliphatic hydroxyl groups is 11. The highest BCUT2D eigenvalue weighted by atomic mass is 16.8. The number of ether oxygens (including phenoxy) is 6. The summed E-state index contributed by atoms with van der Waals surface area (Å²) in [5, 5.41) is 121. The van der Waals surface area contributed by atoms with Crippen molar-refractivity contribution in [1.29, 1.82) is 0 Å². The topological polar surface area (TPSA) is 307 Å². The molecule has 3 heterocycles. The summed E-state index contributed by atoms with van der Waals surface area (Å²) in [6.45, 7) is 1.72. The Kier molecular flexibility index (Phi) is 50.0. The van der Waals surface area contributed by atoms with Crippen molar-refractivity contribution in [1.82, 2.24) is 5.32 Å². The summed E-state index contributed by atoms with van der Waals surface area (Å²) in [4.78, 5) is 13.4. The first-order valence-corrected chi connectivity index (χ1v) is 36.9. The number of hydrogen-bond donors (Lipinski definition) is 12. The lowest BCUT2D eigenvalue weighted by Gasteiger charge is -2.48. The molecule has 0 aliphatic carbocycles. The molecule has 12 N–H and O–H groups in total.